The Morgan fingerprint density at radius 3 is 2.76 bits per heavy atom. The Hall–Kier alpha value is -2.23. The van der Waals surface area contributed by atoms with E-state index >= 15 is 0 Å². The second-order valence-corrected chi connectivity index (χ2v) is 5.22. The van der Waals surface area contributed by atoms with Crippen molar-refractivity contribution in [2.24, 2.45) is 7.05 Å². The highest BCUT2D eigenvalue weighted by Gasteiger charge is 2.13. The molecule has 0 radical (unpaired) electrons. The molecule has 110 valence electrons. The summed E-state index contributed by atoms with van der Waals surface area (Å²) in [6.45, 7) is 5.01. The first kappa shape index (κ1) is 13.7. The van der Waals surface area contributed by atoms with Crippen molar-refractivity contribution in [1.82, 2.24) is 9.78 Å². The van der Waals surface area contributed by atoms with Crippen LogP contribution in [0.5, 0.6) is 0 Å². The molecule has 1 N–H and O–H groups in total. The van der Waals surface area contributed by atoms with E-state index in [0.29, 0.717) is 0 Å². The number of nitrogens with zero attached hydrogens (tertiary/aromatic N) is 2. The van der Waals surface area contributed by atoms with Gasteiger partial charge in [0.1, 0.15) is 11.3 Å². The number of aryl methyl sites for hydroxylation is 3. The topological polar surface area (TPSA) is 43.0 Å². The van der Waals surface area contributed by atoms with E-state index in [-0.39, 0.29) is 0 Å². The lowest BCUT2D eigenvalue weighted by Crippen LogP contribution is -2.02. The average molecular weight is 283 g/mol. The van der Waals surface area contributed by atoms with Crippen LogP contribution in [0.2, 0.25) is 0 Å². The number of aromatic nitrogens is 2. The largest absolute Gasteiger partial charge is 0.461 e. The van der Waals surface area contributed by atoms with Crippen LogP contribution >= 0.6 is 0 Å². The van der Waals surface area contributed by atoms with Crippen LogP contribution in [0.15, 0.2) is 34.9 Å². The first-order valence-electron chi connectivity index (χ1n) is 7.48. The van der Waals surface area contributed by atoms with Crippen molar-refractivity contribution in [2.75, 3.05) is 5.32 Å². The van der Waals surface area contributed by atoms with Crippen molar-refractivity contribution in [3.63, 3.8) is 0 Å². The van der Waals surface area contributed by atoms with Gasteiger partial charge in [-0.25, -0.2) is 0 Å². The highest BCUT2D eigenvalue weighted by Crippen LogP contribution is 2.27. The van der Waals surface area contributed by atoms with Crippen molar-refractivity contribution in [2.45, 2.75) is 33.2 Å². The number of nitrogens with one attached hydrogen (secondary N) is 1. The van der Waals surface area contributed by atoms with Gasteiger partial charge < -0.3 is 9.73 Å². The lowest BCUT2D eigenvalue weighted by atomic mass is 10.1. The van der Waals surface area contributed by atoms with E-state index in [1.807, 2.05) is 30.1 Å². The van der Waals surface area contributed by atoms with Crippen LogP contribution in [0, 0.1) is 0 Å². The van der Waals surface area contributed by atoms with Crippen molar-refractivity contribution >= 4 is 16.7 Å². The van der Waals surface area contributed by atoms with Crippen molar-refractivity contribution in [1.29, 1.82) is 0 Å². The molecule has 0 amide bonds. The van der Waals surface area contributed by atoms with Gasteiger partial charge in [-0.2, -0.15) is 5.10 Å². The van der Waals surface area contributed by atoms with Gasteiger partial charge in [0.05, 0.1) is 11.4 Å². The van der Waals surface area contributed by atoms with Crippen LogP contribution in [0.4, 0.5) is 5.69 Å². The van der Waals surface area contributed by atoms with Crippen molar-refractivity contribution < 1.29 is 4.42 Å². The molecule has 0 aliphatic carbocycles. The average Bonchev–Trinajstić information content (AvgIpc) is 3.04. The quantitative estimate of drug-likeness (QED) is 0.772. The molecule has 21 heavy (non-hydrogen) atoms. The molecule has 4 heteroatoms. The highest BCUT2D eigenvalue weighted by atomic mass is 16.3. The van der Waals surface area contributed by atoms with Crippen LogP contribution in [0.1, 0.15) is 30.9 Å². The number of anilines is 1. The van der Waals surface area contributed by atoms with Gasteiger partial charge in [0, 0.05) is 37.2 Å². The van der Waals surface area contributed by atoms with Gasteiger partial charge in [-0.05, 0) is 12.5 Å². The van der Waals surface area contributed by atoms with Crippen LogP contribution < -0.4 is 5.32 Å². The minimum atomic E-state index is 0.763. The number of fused-ring (bicyclic) bond motifs is 1. The first-order valence-corrected chi connectivity index (χ1v) is 7.48. The molecule has 4 nitrogen and oxygen atoms in total. The summed E-state index contributed by atoms with van der Waals surface area (Å²) >= 11 is 0. The van der Waals surface area contributed by atoms with Crippen LogP contribution in [-0.2, 0) is 26.4 Å². The van der Waals surface area contributed by atoms with Gasteiger partial charge in [0.15, 0.2) is 0 Å². The molecule has 0 fully saturated rings. The third-order valence-corrected chi connectivity index (χ3v) is 3.80. The molecule has 0 saturated heterocycles. The Morgan fingerprint density at radius 1 is 1.19 bits per heavy atom. The van der Waals surface area contributed by atoms with Crippen LogP contribution in [0.25, 0.3) is 11.0 Å². The zero-order valence-electron chi connectivity index (χ0n) is 12.8. The fourth-order valence-electron chi connectivity index (χ4n) is 2.76. The van der Waals surface area contributed by atoms with Gasteiger partial charge in [0.25, 0.3) is 0 Å². The van der Waals surface area contributed by atoms with E-state index in [2.05, 4.69) is 36.4 Å². The van der Waals surface area contributed by atoms with E-state index in [1.165, 1.54) is 10.9 Å². The Labute approximate surface area is 124 Å². The Morgan fingerprint density at radius 2 is 2.00 bits per heavy atom. The Balaban J connectivity index is 1.90. The summed E-state index contributed by atoms with van der Waals surface area (Å²) < 4.78 is 7.79. The molecule has 0 bridgehead atoms. The smallest absolute Gasteiger partial charge is 0.134 e. The molecule has 3 aromatic rings. The number of hydrogen-bond acceptors (Lipinski definition) is 3. The second kappa shape index (κ2) is 5.64. The van der Waals surface area contributed by atoms with Gasteiger partial charge >= 0.3 is 0 Å². The molecule has 2 aromatic heterocycles. The zero-order chi connectivity index (χ0) is 14.8. The van der Waals surface area contributed by atoms with Gasteiger partial charge in [-0.3, -0.25) is 4.68 Å². The molecule has 0 aliphatic rings. The van der Waals surface area contributed by atoms with Crippen LogP contribution in [-0.4, -0.2) is 9.78 Å². The zero-order valence-corrected chi connectivity index (χ0v) is 12.8. The van der Waals surface area contributed by atoms with Crippen molar-refractivity contribution in [3.8, 4) is 0 Å². The maximum Gasteiger partial charge on any atom is 0.134 e. The summed E-state index contributed by atoms with van der Waals surface area (Å²) in [7, 11) is 1.95. The number of para-hydroxylation sites is 1. The monoisotopic (exact) mass is 283 g/mol. The molecular weight excluding hydrogens is 262 g/mol. The normalized spacial score (nSPS) is 11.2. The van der Waals surface area contributed by atoms with Gasteiger partial charge in [0.2, 0.25) is 0 Å². The Kier molecular flexibility index (Phi) is 3.69. The van der Waals surface area contributed by atoms with E-state index < -0.39 is 0 Å². The summed E-state index contributed by atoms with van der Waals surface area (Å²) in [6.07, 6.45) is 3.86. The fraction of sp³-hybridized carbons (Fsp3) is 0.353. The van der Waals surface area contributed by atoms with Gasteiger partial charge in [-0.15, -0.1) is 0 Å². The molecule has 0 saturated carbocycles. The molecular formula is C17H21N3O. The van der Waals surface area contributed by atoms with Gasteiger partial charge in [-0.1, -0.05) is 32.0 Å². The van der Waals surface area contributed by atoms with E-state index in [4.69, 9.17) is 4.42 Å². The summed E-state index contributed by atoms with van der Waals surface area (Å²) in [6, 6.07) is 8.22. The number of benzene rings is 1. The first-order chi connectivity index (χ1) is 10.2. The van der Waals surface area contributed by atoms with E-state index in [0.717, 1.165) is 42.1 Å². The molecule has 0 unspecified atom stereocenters. The standard InChI is InChI=1S/C17H21N3O/c1-4-14-15(11-20(3)19-14)18-10-13-12-8-6-7-9-17(12)21-16(13)5-2/h6-9,11,18H,4-5,10H2,1-3H3. The van der Waals surface area contributed by atoms with E-state index in [9.17, 15) is 0 Å². The summed E-state index contributed by atoms with van der Waals surface area (Å²) in [5.74, 6) is 1.06. The minimum Gasteiger partial charge on any atom is -0.461 e. The summed E-state index contributed by atoms with van der Waals surface area (Å²) in [5.41, 5.74) is 4.42. The molecule has 0 atom stereocenters. The predicted molar refractivity (Wildman–Crippen MR) is 85.5 cm³/mol. The van der Waals surface area contributed by atoms with Crippen molar-refractivity contribution in [3.05, 3.63) is 47.5 Å². The maximum atomic E-state index is 5.94. The molecule has 0 spiro atoms. The lowest BCUT2D eigenvalue weighted by Gasteiger charge is -2.06. The maximum absolute atomic E-state index is 5.94. The molecule has 2 heterocycles. The fourth-order valence-corrected chi connectivity index (χ4v) is 2.76. The van der Waals surface area contributed by atoms with E-state index in [1.54, 1.807) is 0 Å². The minimum absolute atomic E-state index is 0.763. The summed E-state index contributed by atoms with van der Waals surface area (Å²) in [4.78, 5) is 0. The van der Waals surface area contributed by atoms with Crippen LogP contribution in [0.3, 0.4) is 0 Å². The molecule has 0 aliphatic heterocycles. The lowest BCUT2D eigenvalue weighted by molar-refractivity contribution is 0.551. The summed E-state index contributed by atoms with van der Waals surface area (Å²) in [5, 5.41) is 9.17. The number of furan rings is 1. The Bertz CT molecular complexity index is 755. The second-order valence-electron chi connectivity index (χ2n) is 5.22. The number of hydrogen-bond donors (Lipinski definition) is 1. The SMILES string of the molecule is CCc1nn(C)cc1NCc1c(CC)oc2ccccc12. The third kappa shape index (κ3) is 2.53. The number of rotatable bonds is 5. The third-order valence-electron chi connectivity index (χ3n) is 3.80. The molecule has 1 aromatic carbocycles. The predicted octanol–water partition coefficient (Wildman–Crippen LogP) is 3.90. The molecule has 3 rings (SSSR count). The highest BCUT2D eigenvalue weighted by molar-refractivity contribution is 5.82.